The Labute approximate surface area is 237 Å². The molecule has 2 rings (SSSR count). The summed E-state index contributed by atoms with van der Waals surface area (Å²) < 4.78 is 12.8. The van der Waals surface area contributed by atoms with Gasteiger partial charge in [0, 0.05) is 25.8 Å². The number of aromatic nitrogens is 4. The first-order chi connectivity index (χ1) is 19.2. The quantitative estimate of drug-likeness (QED) is 0.145. The van der Waals surface area contributed by atoms with Crippen LogP contribution in [0.5, 0.6) is 0 Å². The summed E-state index contributed by atoms with van der Waals surface area (Å²) in [6.07, 6.45) is 15.5. The molecule has 0 aliphatic rings. The van der Waals surface area contributed by atoms with Crippen LogP contribution >= 0.6 is 0 Å². The van der Waals surface area contributed by atoms with Gasteiger partial charge in [-0.3, -0.25) is 19.4 Å². The molecule has 40 heavy (non-hydrogen) atoms. The van der Waals surface area contributed by atoms with Crippen molar-refractivity contribution in [1.82, 2.24) is 19.5 Å². The summed E-state index contributed by atoms with van der Waals surface area (Å²) >= 11 is 0. The van der Waals surface area contributed by atoms with Gasteiger partial charge in [-0.15, -0.1) is 0 Å². The van der Waals surface area contributed by atoms with Gasteiger partial charge in [-0.2, -0.15) is 4.98 Å². The highest BCUT2D eigenvalue weighted by Crippen LogP contribution is 2.15. The standard InChI is InChI=1S/C29H50N6O5/c1-4-5-6-7-8-9-10-11-12-13-14-15-23(36)39-19-17-22(40-28(38)24(30)21(2)3)16-18-35-20-32-25-26(35)33-29(31)34-27(25)37/h20-22,24H,4-19,30H2,1-3H3,(H3,31,33,34,37)/t22?,24-/m0/s1. The fourth-order valence-corrected chi connectivity index (χ4v) is 4.50. The molecule has 11 nitrogen and oxygen atoms in total. The van der Waals surface area contributed by atoms with Gasteiger partial charge in [-0.25, -0.2) is 4.98 Å². The van der Waals surface area contributed by atoms with Gasteiger partial charge in [0.2, 0.25) is 5.95 Å². The molecule has 0 saturated heterocycles. The highest BCUT2D eigenvalue weighted by atomic mass is 16.6. The number of esters is 2. The van der Waals surface area contributed by atoms with Crippen molar-refractivity contribution in [2.24, 2.45) is 11.7 Å². The number of nitrogen functional groups attached to an aromatic ring is 1. The Balaban J connectivity index is 1.75. The van der Waals surface area contributed by atoms with Crippen molar-refractivity contribution in [2.75, 3.05) is 12.3 Å². The van der Waals surface area contributed by atoms with Gasteiger partial charge in [0.1, 0.15) is 12.1 Å². The molecule has 5 N–H and O–H groups in total. The summed E-state index contributed by atoms with van der Waals surface area (Å²) in [5.74, 6) is -0.816. The van der Waals surface area contributed by atoms with E-state index >= 15 is 0 Å². The normalized spacial score (nSPS) is 13.0. The number of unbranched alkanes of at least 4 members (excludes halogenated alkanes) is 10. The summed E-state index contributed by atoms with van der Waals surface area (Å²) in [6.45, 7) is 6.45. The van der Waals surface area contributed by atoms with Gasteiger partial charge in [-0.05, 0) is 12.3 Å². The zero-order chi connectivity index (χ0) is 29.3. The van der Waals surface area contributed by atoms with Gasteiger partial charge in [0.15, 0.2) is 11.2 Å². The molecule has 0 fully saturated rings. The summed E-state index contributed by atoms with van der Waals surface area (Å²) in [5, 5.41) is 0. The Hall–Kier alpha value is -2.95. The van der Waals surface area contributed by atoms with Crippen LogP contribution in [0.25, 0.3) is 11.2 Å². The van der Waals surface area contributed by atoms with E-state index in [1.165, 1.54) is 57.7 Å². The van der Waals surface area contributed by atoms with Gasteiger partial charge in [0.05, 0.1) is 12.9 Å². The van der Waals surface area contributed by atoms with Crippen LogP contribution in [0.15, 0.2) is 11.1 Å². The van der Waals surface area contributed by atoms with E-state index in [0.717, 1.165) is 19.3 Å². The molecule has 2 heterocycles. The number of nitrogens with two attached hydrogens (primary N) is 2. The molecule has 0 aliphatic heterocycles. The minimum Gasteiger partial charge on any atom is -0.466 e. The van der Waals surface area contributed by atoms with E-state index in [9.17, 15) is 14.4 Å². The Morgan fingerprint density at radius 2 is 1.62 bits per heavy atom. The number of aromatic amines is 1. The lowest BCUT2D eigenvalue weighted by Gasteiger charge is -2.22. The molecule has 2 atom stereocenters. The maximum atomic E-state index is 12.5. The van der Waals surface area contributed by atoms with Crippen molar-refractivity contribution >= 4 is 29.1 Å². The average Bonchev–Trinajstić information content (AvgIpc) is 3.32. The second-order valence-corrected chi connectivity index (χ2v) is 11.0. The van der Waals surface area contributed by atoms with Crippen molar-refractivity contribution in [1.29, 1.82) is 0 Å². The van der Waals surface area contributed by atoms with Crippen LogP contribution in [0, 0.1) is 5.92 Å². The number of carbonyl (C=O) groups excluding carboxylic acids is 2. The number of hydrogen-bond donors (Lipinski definition) is 3. The van der Waals surface area contributed by atoms with Crippen molar-refractivity contribution in [3.63, 3.8) is 0 Å². The summed E-state index contributed by atoms with van der Waals surface area (Å²) in [6, 6.07) is -0.750. The number of ether oxygens (including phenoxy) is 2. The molecule has 2 aromatic heterocycles. The van der Waals surface area contributed by atoms with Crippen LogP contribution in [0.4, 0.5) is 5.95 Å². The average molecular weight is 563 g/mol. The molecule has 0 bridgehead atoms. The first-order valence-corrected chi connectivity index (χ1v) is 15.0. The van der Waals surface area contributed by atoms with E-state index in [0.29, 0.717) is 31.5 Å². The van der Waals surface area contributed by atoms with Gasteiger partial charge in [0.25, 0.3) is 5.56 Å². The molecule has 226 valence electrons. The molecular formula is C29H50N6O5. The lowest BCUT2D eigenvalue weighted by Crippen LogP contribution is -2.39. The molecule has 1 unspecified atom stereocenters. The number of rotatable bonds is 21. The van der Waals surface area contributed by atoms with Crippen molar-refractivity contribution in [2.45, 2.75) is 129 Å². The Morgan fingerprint density at radius 3 is 2.25 bits per heavy atom. The van der Waals surface area contributed by atoms with Crippen molar-refractivity contribution in [3.8, 4) is 0 Å². The maximum absolute atomic E-state index is 12.5. The van der Waals surface area contributed by atoms with E-state index in [-0.39, 0.29) is 30.0 Å². The molecule has 0 amide bonds. The molecule has 0 aliphatic carbocycles. The third-order valence-corrected chi connectivity index (χ3v) is 7.15. The monoisotopic (exact) mass is 562 g/mol. The van der Waals surface area contributed by atoms with Crippen molar-refractivity contribution in [3.05, 3.63) is 16.7 Å². The van der Waals surface area contributed by atoms with E-state index in [2.05, 4.69) is 21.9 Å². The molecule has 0 saturated carbocycles. The molecule has 0 aromatic carbocycles. The van der Waals surface area contributed by atoms with E-state index in [4.69, 9.17) is 20.9 Å². The Morgan fingerprint density at radius 1 is 1.00 bits per heavy atom. The molecule has 2 aromatic rings. The van der Waals surface area contributed by atoms with Gasteiger partial charge >= 0.3 is 11.9 Å². The zero-order valence-electron chi connectivity index (χ0n) is 24.7. The zero-order valence-corrected chi connectivity index (χ0v) is 24.7. The van der Waals surface area contributed by atoms with Crippen LogP contribution < -0.4 is 17.0 Å². The number of aryl methyl sites for hydroxylation is 1. The fraction of sp³-hybridized carbons (Fsp3) is 0.759. The number of imidazole rings is 1. The number of H-pyrrole nitrogens is 1. The molecule has 11 heteroatoms. The predicted octanol–water partition coefficient (Wildman–Crippen LogP) is 4.62. The summed E-state index contributed by atoms with van der Waals surface area (Å²) in [7, 11) is 0. The predicted molar refractivity (Wildman–Crippen MR) is 157 cm³/mol. The minimum absolute atomic E-state index is 0.00477. The fourth-order valence-electron chi connectivity index (χ4n) is 4.50. The summed E-state index contributed by atoms with van der Waals surface area (Å²) in [4.78, 5) is 47.5. The van der Waals surface area contributed by atoms with Crippen LogP contribution in [-0.2, 0) is 25.6 Å². The largest absolute Gasteiger partial charge is 0.466 e. The second kappa shape index (κ2) is 18.4. The Kier molecular flexibility index (Phi) is 15.3. The van der Waals surface area contributed by atoms with Crippen LogP contribution in [0.2, 0.25) is 0 Å². The number of nitrogens with one attached hydrogen (secondary N) is 1. The SMILES string of the molecule is CCCCCCCCCCCCCC(=O)OCCC(CCn1cnc2c(=O)[nH]c(N)nc21)OC(=O)[C@@H](N)C(C)C. The number of carbonyl (C=O) groups is 2. The smallest absolute Gasteiger partial charge is 0.323 e. The minimum atomic E-state index is -0.750. The number of hydrogen-bond acceptors (Lipinski definition) is 9. The third-order valence-electron chi connectivity index (χ3n) is 7.15. The maximum Gasteiger partial charge on any atom is 0.323 e. The first kappa shape index (κ1) is 33.3. The highest BCUT2D eigenvalue weighted by molar-refractivity contribution is 5.76. The van der Waals surface area contributed by atoms with Crippen LogP contribution in [0.1, 0.15) is 111 Å². The van der Waals surface area contributed by atoms with Crippen molar-refractivity contribution < 1.29 is 19.1 Å². The Bertz CT molecular complexity index is 1080. The lowest BCUT2D eigenvalue weighted by molar-refractivity contribution is -0.154. The summed E-state index contributed by atoms with van der Waals surface area (Å²) in [5.41, 5.74) is 11.8. The molecular weight excluding hydrogens is 512 g/mol. The first-order valence-electron chi connectivity index (χ1n) is 15.0. The van der Waals surface area contributed by atoms with E-state index < -0.39 is 23.7 Å². The highest BCUT2D eigenvalue weighted by Gasteiger charge is 2.23. The number of nitrogens with zero attached hydrogens (tertiary/aromatic N) is 3. The van der Waals surface area contributed by atoms with E-state index in [1.54, 1.807) is 4.57 Å². The number of anilines is 1. The molecule has 0 radical (unpaired) electrons. The number of fused-ring (bicyclic) bond motifs is 1. The van der Waals surface area contributed by atoms with Crippen LogP contribution in [-0.4, -0.2) is 50.2 Å². The van der Waals surface area contributed by atoms with E-state index in [1.807, 2.05) is 13.8 Å². The van der Waals surface area contributed by atoms with Gasteiger partial charge < -0.3 is 25.5 Å². The van der Waals surface area contributed by atoms with Gasteiger partial charge in [-0.1, -0.05) is 85.0 Å². The topological polar surface area (TPSA) is 168 Å². The third kappa shape index (κ3) is 12.1. The lowest BCUT2D eigenvalue weighted by atomic mass is 10.1. The van der Waals surface area contributed by atoms with Crippen LogP contribution in [0.3, 0.4) is 0 Å². The molecule has 0 spiro atoms. The second-order valence-electron chi connectivity index (χ2n) is 11.0.